The number of carbonyl (C=O) groups excluding carboxylic acids is 1. The lowest BCUT2D eigenvalue weighted by Crippen LogP contribution is -2.39. The van der Waals surface area contributed by atoms with Crippen molar-refractivity contribution in [3.05, 3.63) is 17.0 Å². The predicted molar refractivity (Wildman–Crippen MR) is 85.9 cm³/mol. The topological polar surface area (TPSA) is 58.8 Å². The third kappa shape index (κ3) is 3.58. The summed E-state index contributed by atoms with van der Waals surface area (Å²) in [6.07, 6.45) is 1.16. The minimum atomic E-state index is 0.138. The van der Waals surface area contributed by atoms with E-state index in [0.717, 1.165) is 50.6 Å². The highest BCUT2D eigenvalue weighted by Gasteiger charge is 2.38. The van der Waals surface area contributed by atoms with Crippen molar-refractivity contribution in [1.29, 1.82) is 0 Å². The summed E-state index contributed by atoms with van der Waals surface area (Å²) in [5, 5.41) is 4.04. The maximum atomic E-state index is 12.1. The number of nitrogens with zero attached hydrogens (tertiary/aromatic N) is 3. The van der Waals surface area contributed by atoms with Crippen molar-refractivity contribution in [2.75, 3.05) is 39.4 Å². The molecule has 6 heteroatoms. The first kappa shape index (κ1) is 16.5. The minimum Gasteiger partial charge on any atom is -0.372 e. The number of hydrogen-bond acceptors (Lipinski definition) is 5. The molecular formula is C17H27N3O3. The van der Waals surface area contributed by atoms with Gasteiger partial charge in [0.2, 0.25) is 5.91 Å². The molecule has 3 heterocycles. The van der Waals surface area contributed by atoms with E-state index in [-0.39, 0.29) is 12.5 Å². The molecule has 1 aromatic rings. The van der Waals surface area contributed by atoms with Crippen LogP contribution in [0.25, 0.3) is 0 Å². The average molecular weight is 321 g/mol. The number of aryl methyl sites for hydroxylation is 2. The second-order valence-corrected chi connectivity index (χ2v) is 6.78. The number of ether oxygens (including phenoxy) is 1. The van der Waals surface area contributed by atoms with Gasteiger partial charge >= 0.3 is 0 Å². The molecule has 1 aromatic heterocycles. The van der Waals surface area contributed by atoms with Crippen LogP contribution in [-0.2, 0) is 16.1 Å². The summed E-state index contributed by atoms with van der Waals surface area (Å²) in [5.74, 6) is 2.28. The molecule has 0 saturated carbocycles. The van der Waals surface area contributed by atoms with Gasteiger partial charge in [0.1, 0.15) is 12.4 Å². The van der Waals surface area contributed by atoms with Crippen LogP contribution in [0.5, 0.6) is 0 Å². The molecule has 2 aliphatic heterocycles. The molecule has 0 aliphatic carbocycles. The minimum absolute atomic E-state index is 0.138. The van der Waals surface area contributed by atoms with Crippen LogP contribution in [0.15, 0.2) is 4.52 Å². The zero-order valence-electron chi connectivity index (χ0n) is 14.4. The predicted octanol–water partition coefficient (Wildman–Crippen LogP) is 1.61. The normalized spacial score (nSPS) is 24.9. The van der Waals surface area contributed by atoms with Gasteiger partial charge in [0.25, 0.3) is 0 Å². The number of carbonyl (C=O) groups is 1. The van der Waals surface area contributed by atoms with Crippen LogP contribution in [0.3, 0.4) is 0 Å². The van der Waals surface area contributed by atoms with E-state index in [2.05, 4.69) is 10.1 Å². The number of aromatic nitrogens is 1. The second kappa shape index (κ2) is 7.01. The molecule has 2 saturated heterocycles. The molecule has 6 nitrogen and oxygen atoms in total. The summed E-state index contributed by atoms with van der Waals surface area (Å²) in [5.41, 5.74) is 2.20. The monoisotopic (exact) mass is 321 g/mol. The SMILES string of the molecule is CCOCC(=O)N1C[C@H]2CN(Cc3c(C)noc3C)CC[C@H]2C1. The lowest BCUT2D eigenvalue weighted by atomic mass is 9.88. The maximum absolute atomic E-state index is 12.1. The van der Waals surface area contributed by atoms with E-state index in [1.54, 1.807) is 0 Å². The van der Waals surface area contributed by atoms with Crippen LogP contribution in [0.1, 0.15) is 30.4 Å². The molecule has 0 bridgehead atoms. The van der Waals surface area contributed by atoms with E-state index in [0.29, 0.717) is 18.4 Å². The molecule has 2 fully saturated rings. The van der Waals surface area contributed by atoms with E-state index >= 15 is 0 Å². The van der Waals surface area contributed by atoms with Crippen molar-refractivity contribution in [3.63, 3.8) is 0 Å². The Bertz CT molecular complexity index is 538. The first-order chi connectivity index (χ1) is 11.1. The fourth-order valence-corrected chi connectivity index (χ4v) is 3.82. The Kier molecular flexibility index (Phi) is 5.02. The molecule has 128 valence electrons. The fourth-order valence-electron chi connectivity index (χ4n) is 3.82. The van der Waals surface area contributed by atoms with Gasteiger partial charge in [-0.3, -0.25) is 9.69 Å². The molecular weight excluding hydrogens is 294 g/mol. The summed E-state index contributed by atoms with van der Waals surface area (Å²) in [7, 11) is 0. The highest BCUT2D eigenvalue weighted by atomic mass is 16.5. The van der Waals surface area contributed by atoms with Crippen molar-refractivity contribution < 1.29 is 14.1 Å². The van der Waals surface area contributed by atoms with E-state index in [9.17, 15) is 4.79 Å². The second-order valence-electron chi connectivity index (χ2n) is 6.78. The van der Waals surface area contributed by atoms with Crippen LogP contribution in [0.2, 0.25) is 0 Å². The van der Waals surface area contributed by atoms with E-state index in [1.807, 2.05) is 25.7 Å². The summed E-state index contributed by atoms with van der Waals surface area (Å²) in [6, 6.07) is 0. The Hall–Kier alpha value is -1.40. The molecule has 0 spiro atoms. The van der Waals surface area contributed by atoms with Gasteiger partial charge in [0, 0.05) is 38.3 Å². The van der Waals surface area contributed by atoms with Gasteiger partial charge in [0.15, 0.2) is 0 Å². The number of piperidine rings is 1. The van der Waals surface area contributed by atoms with E-state index in [1.165, 1.54) is 5.56 Å². The summed E-state index contributed by atoms with van der Waals surface area (Å²) >= 11 is 0. The van der Waals surface area contributed by atoms with Crippen molar-refractivity contribution in [1.82, 2.24) is 15.0 Å². The van der Waals surface area contributed by atoms with Gasteiger partial charge in [0.05, 0.1) is 5.69 Å². The van der Waals surface area contributed by atoms with Crippen LogP contribution in [-0.4, -0.2) is 60.3 Å². The lowest BCUT2D eigenvalue weighted by Gasteiger charge is -2.34. The molecule has 3 rings (SSSR count). The number of fused-ring (bicyclic) bond motifs is 1. The number of amides is 1. The Morgan fingerprint density at radius 3 is 2.78 bits per heavy atom. The third-order valence-electron chi connectivity index (χ3n) is 5.23. The first-order valence-electron chi connectivity index (χ1n) is 8.58. The van der Waals surface area contributed by atoms with Gasteiger partial charge in [-0.25, -0.2) is 0 Å². The van der Waals surface area contributed by atoms with E-state index < -0.39 is 0 Å². The van der Waals surface area contributed by atoms with Crippen molar-refractivity contribution in [2.45, 2.75) is 33.7 Å². The average Bonchev–Trinajstić information content (AvgIpc) is 3.10. The molecule has 1 amide bonds. The maximum Gasteiger partial charge on any atom is 0.248 e. The summed E-state index contributed by atoms with van der Waals surface area (Å²) < 4.78 is 10.5. The van der Waals surface area contributed by atoms with Gasteiger partial charge in [-0.05, 0) is 45.6 Å². The number of hydrogen-bond donors (Lipinski definition) is 0. The zero-order chi connectivity index (χ0) is 16.4. The Morgan fingerprint density at radius 2 is 2.09 bits per heavy atom. The highest BCUT2D eigenvalue weighted by Crippen LogP contribution is 2.32. The number of likely N-dealkylation sites (tertiary alicyclic amines) is 2. The van der Waals surface area contributed by atoms with Gasteiger partial charge in [-0.1, -0.05) is 5.16 Å². The van der Waals surface area contributed by atoms with Gasteiger partial charge in [-0.2, -0.15) is 0 Å². The number of rotatable bonds is 5. The molecule has 0 N–H and O–H groups in total. The Morgan fingerprint density at radius 1 is 1.30 bits per heavy atom. The van der Waals surface area contributed by atoms with Crippen LogP contribution in [0, 0.1) is 25.7 Å². The molecule has 2 aliphatic rings. The first-order valence-corrected chi connectivity index (χ1v) is 8.58. The molecule has 0 radical (unpaired) electrons. The summed E-state index contributed by atoms with van der Waals surface area (Å²) in [6.45, 7) is 11.5. The van der Waals surface area contributed by atoms with Gasteiger partial charge in [-0.15, -0.1) is 0 Å². The smallest absolute Gasteiger partial charge is 0.248 e. The highest BCUT2D eigenvalue weighted by molar-refractivity contribution is 5.77. The largest absolute Gasteiger partial charge is 0.372 e. The molecule has 0 unspecified atom stereocenters. The van der Waals surface area contributed by atoms with Crippen molar-refractivity contribution >= 4 is 5.91 Å². The zero-order valence-corrected chi connectivity index (χ0v) is 14.4. The third-order valence-corrected chi connectivity index (χ3v) is 5.23. The van der Waals surface area contributed by atoms with Crippen molar-refractivity contribution in [3.8, 4) is 0 Å². The van der Waals surface area contributed by atoms with Crippen LogP contribution >= 0.6 is 0 Å². The van der Waals surface area contributed by atoms with Gasteiger partial charge < -0.3 is 14.2 Å². The summed E-state index contributed by atoms with van der Waals surface area (Å²) in [4.78, 5) is 16.6. The standard InChI is InChI=1S/C17H27N3O3/c1-4-22-11-17(21)20-8-14-5-6-19(7-15(14)9-20)10-16-12(2)18-23-13(16)3/h14-15H,4-11H2,1-3H3/t14-,15+/m0/s1. The molecule has 23 heavy (non-hydrogen) atoms. The lowest BCUT2D eigenvalue weighted by molar-refractivity contribution is -0.135. The fraction of sp³-hybridized carbons (Fsp3) is 0.765. The Labute approximate surface area is 137 Å². The molecule has 2 atom stereocenters. The Balaban J connectivity index is 1.55. The molecule has 0 aromatic carbocycles. The van der Waals surface area contributed by atoms with Crippen molar-refractivity contribution in [2.24, 2.45) is 11.8 Å². The van der Waals surface area contributed by atoms with Crippen LogP contribution in [0.4, 0.5) is 0 Å². The quantitative estimate of drug-likeness (QED) is 0.824. The van der Waals surface area contributed by atoms with Crippen LogP contribution < -0.4 is 0 Å². The van der Waals surface area contributed by atoms with E-state index in [4.69, 9.17) is 9.26 Å².